The molecule has 0 aliphatic heterocycles. The van der Waals surface area contributed by atoms with Crippen molar-refractivity contribution in [3.8, 4) is 0 Å². The van der Waals surface area contributed by atoms with E-state index in [0.29, 0.717) is 11.8 Å². The monoisotopic (exact) mass is 325 g/mol. The van der Waals surface area contributed by atoms with Crippen molar-refractivity contribution in [1.29, 1.82) is 0 Å². The lowest BCUT2D eigenvalue weighted by Gasteiger charge is -2.23. The maximum atomic E-state index is 12.8. The largest absolute Gasteiger partial charge is 0.324 e. The van der Waals surface area contributed by atoms with E-state index in [1.54, 1.807) is 0 Å². The number of hydrogen-bond acceptors (Lipinski definition) is 3. The molecule has 1 atom stereocenters. The summed E-state index contributed by atoms with van der Waals surface area (Å²) in [5.74, 6) is 6.13. The molecule has 4 heteroatoms. The number of hydrazine groups is 1. The van der Waals surface area contributed by atoms with E-state index >= 15 is 0 Å². The summed E-state index contributed by atoms with van der Waals surface area (Å²) in [6.07, 6.45) is 0. The average molecular weight is 325 g/mol. The third-order valence-corrected chi connectivity index (χ3v) is 4.18. The molecular formula is C20H27N3O. The fourth-order valence-electron chi connectivity index (χ4n) is 2.86. The number of rotatable bonds is 6. The molecule has 4 nitrogen and oxygen atoms in total. The smallest absolute Gasteiger partial charge is 0.247 e. The molecule has 2 rings (SSSR count). The van der Waals surface area contributed by atoms with Crippen molar-refractivity contribution < 1.29 is 4.79 Å². The van der Waals surface area contributed by atoms with Crippen LogP contribution in [0.4, 0.5) is 5.69 Å². The molecule has 0 fully saturated rings. The summed E-state index contributed by atoms with van der Waals surface area (Å²) >= 11 is 0. The lowest BCUT2D eigenvalue weighted by atomic mass is 9.92. The van der Waals surface area contributed by atoms with Gasteiger partial charge in [-0.1, -0.05) is 76.2 Å². The zero-order valence-corrected chi connectivity index (χ0v) is 14.8. The molecule has 0 bridgehead atoms. The van der Waals surface area contributed by atoms with Crippen molar-refractivity contribution in [2.24, 2.45) is 5.84 Å². The van der Waals surface area contributed by atoms with Gasteiger partial charge in [-0.3, -0.25) is 10.6 Å². The molecule has 128 valence electrons. The van der Waals surface area contributed by atoms with E-state index < -0.39 is 6.04 Å². The third kappa shape index (κ3) is 4.02. The Morgan fingerprint density at radius 1 is 0.875 bits per heavy atom. The van der Waals surface area contributed by atoms with Crippen molar-refractivity contribution in [1.82, 2.24) is 5.43 Å². The first-order valence-corrected chi connectivity index (χ1v) is 8.40. The van der Waals surface area contributed by atoms with Gasteiger partial charge in [0.2, 0.25) is 5.91 Å². The van der Waals surface area contributed by atoms with Gasteiger partial charge in [-0.15, -0.1) is 0 Å². The Morgan fingerprint density at radius 2 is 1.42 bits per heavy atom. The van der Waals surface area contributed by atoms with E-state index in [0.717, 1.165) is 22.4 Å². The predicted octanol–water partition coefficient (Wildman–Crippen LogP) is 4.08. The summed E-state index contributed by atoms with van der Waals surface area (Å²) in [5.41, 5.74) is 6.64. The normalized spacial score (nSPS) is 12.5. The minimum absolute atomic E-state index is 0.154. The standard InChI is InChI=1S/C20H27N3O/c1-13(2)16-11-8-12-17(14(3)4)19(16)22-20(24)18(23-21)15-9-6-5-7-10-15/h5-14,18,23H,21H2,1-4H3,(H,22,24). The van der Waals surface area contributed by atoms with Gasteiger partial charge in [0, 0.05) is 5.69 Å². The third-order valence-electron chi connectivity index (χ3n) is 4.18. The van der Waals surface area contributed by atoms with Crippen LogP contribution in [0, 0.1) is 0 Å². The zero-order chi connectivity index (χ0) is 17.7. The molecule has 0 spiro atoms. The van der Waals surface area contributed by atoms with Gasteiger partial charge < -0.3 is 5.32 Å². The van der Waals surface area contributed by atoms with E-state index in [-0.39, 0.29) is 5.91 Å². The summed E-state index contributed by atoms with van der Waals surface area (Å²) in [6.45, 7) is 8.52. The molecule has 1 amide bonds. The maximum Gasteiger partial charge on any atom is 0.247 e. The molecule has 0 aliphatic rings. The van der Waals surface area contributed by atoms with E-state index in [9.17, 15) is 4.79 Å². The lowest BCUT2D eigenvalue weighted by Crippen LogP contribution is -2.37. The van der Waals surface area contributed by atoms with E-state index in [1.807, 2.05) is 30.3 Å². The van der Waals surface area contributed by atoms with Crippen LogP contribution in [-0.4, -0.2) is 5.91 Å². The number of carbonyl (C=O) groups is 1. The molecule has 1 unspecified atom stereocenters. The van der Waals surface area contributed by atoms with Gasteiger partial charge in [0.1, 0.15) is 6.04 Å². The molecule has 0 saturated heterocycles. The Morgan fingerprint density at radius 3 is 1.88 bits per heavy atom. The highest BCUT2D eigenvalue weighted by molar-refractivity contribution is 5.97. The highest BCUT2D eigenvalue weighted by Crippen LogP contribution is 2.33. The van der Waals surface area contributed by atoms with Crippen LogP contribution in [0.2, 0.25) is 0 Å². The van der Waals surface area contributed by atoms with Crippen molar-refractivity contribution in [3.05, 3.63) is 65.2 Å². The Bertz CT molecular complexity index is 654. The van der Waals surface area contributed by atoms with Gasteiger partial charge >= 0.3 is 0 Å². The van der Waals surface area contributed by atoms with Gasteiger partial charge in [-0.05, 0) is 28.5 Å². The fraction of sp³-hybridized carbons (Fsp3) is 0.350. The van der Waals surface area contributed by atoms with E-state index in [2.05, 4.69) is 56.6 Å². The quantitative estimate of drug-likeness (QED) is 0.554. The van der Waals surface area contributed by atoms with E-state index in [1.165, 1.54) is 0 Å². The van der Waals surface area contributed by atoms with Crippen LogP contribution in [0.1, 0.15) is 62.3 Å². The zero-order valence-electron chi connectivity index (χ0n) is 14.8. The number of anilines is 1. The Labute approximate surface area is 144 Å². The second kappa shape index (κ2) is 8.08. The molecule has 2 aromatic carbocycles. The molecule has 0 saturated carbocycles. The molecule has 2 aromatic rings. The summed E-state index contributed by atoms with van der Waals surface area (Å²) < 4.78 is 0. The Hall–Kier alpha value is -2.17. The number of benzene rings is 2. The molecular weight excluding hydrogens is 298 g/mol. The van der Waals surface area contributed by atoms with Crippen LogP contribution in [0.15, 0.2) is 48.5 Å². The highest BCUT2D eigenvalue weighted by atomic mass is 16.2. The van der Waals surface area contributed by atoms with Gasteiger partial charge in [-0.2, -0.15) is 0 Å². The predicted molar refractivity (Wildman–Crippen MR) is 99.8 cm³/mol. The van der Waals surface area contributed by atoms with Crippen LogP contribution >= 0.6 is 0 Å². The second-order valence-electron chi connectivity index (χ2n) is 6.62. The van der Waals surface area contributed by atoms with Crippen molar-refractivity contribution >= 4 is 11.6 Å². The van der Waals surface area contributed by atoms with Crippen molar-refractivity contribution in [3.63, 3.8) is 0 Å². The minimum atomic E-state index is -0.591. The first-order valence-electron chi connectivity index (χ1n) is 8.40. The summed E-state index contributed by atoms with van der Waals surface area (Å²) in [5, 5.41) is 3.11. The molecule has 24 heavy (non-hydrogen) atoms. The SMILES string of the molecule is CC(C)c1cccc(C(C)C)c1NC(=O)C(NN)c1ccccc1. The summed E-state index contributed by atoms with van der Waals surface area (Å²) in [6, 6.07) is 15.1. The van der Waals surface area contributed by atoms with E-state index in [4.69, 9.17) is 5.84 Å². The number of nitrogens with one attached hydrogen (secondary N) is 2. The van der Waals surface area contributed by atoms with Gasteiger partial charge in [-0.25, -0.2) is 5.43 Å². The summed E-state index contributed by atoms with van der Waals surface area (Å²) in [4.78, 5) is 12.8. The van der Waals surface area contributed by atoms with Gasteiger partial charge in [0.15, 0.2) is 0 Å². The first-order chi connectivity index (χ1) is 11.5. The van der Waals surface area contributed by atoms with Crippen LogP contribution < -0.4 is 16.6 Å². The second-order valence-corrected chi connectivity index (χ2v) is 6.62. The lowest BCUT2D eigenvalue weighted by molar-refractivity contribution is -0.118. The molecule has 0 aromatic heterocycles. The Balaban J connectivity index is 2.37. The number of nitrogens with two attached hydrogens (primary N) is 1. The van der Waals surface area contributed by atoms with Crippen LogP contribution in [0.5, 0.6) is 0 Å². The maximum absolute atomic E-state index is 12.8. The first kappa shape index (κ1) is 18.2. The van der Waals surface area contributed by atoms with Crippen molar-refractivity contribution in [2.45, 2.75) is 45.6 Å². The van der Waals surface area contributed by atoms with Gasteiger partial charge in [0.25, 0.3) is 0 Å². The number of carbonyl (C=O) groups excluding carboxylic acids is 1. The van der Waals surface area contributed by atoms with Crippen LogP contribution in [-0.2, 0) is 4.79 Å². The average Bonchev–Trinajstić information content (AvgIpc) is 2.56. The van der Waals surface area contributed by atoms with Gasteiger partial charge in [0.05, 0.1) is 0 Å². The topological polar surface area (TPSA) is 67.2 Å². The van der Waals surface area contributed by atoms with Crippen LogP contribution in [0.25, 0.3) is 0 Å². The molecule has 4 N–H and O–H groups in total. The number of para-hydroxylation sites is 1. The molecule has 0 aliphatic carbocycles. The number of amides is 1. The molecule has 0 radical (unpaired) electrons. The Kier molecular flexibility index (Phi) is 6.12. The fourth-order valence-corrected chi connectivity index (χ4v) is 2.86. The van der Waals surface area contributed by atoms with Crippen LogP contribution in [0.3, 0.4) is 0 Å². The minimum Gasteiger partial charge on any atom is -0.324 e. The number of hydrogen-bond donors (Lipinski definition) is 3. The molecule has 0 heterocycles. The summed E-state index contributed by atoms with van der Waals surface area (Å²) in [7, 11) is 0. The highest BCUT2D eigenvalue weighted by Gasteiger charge is 2.22. The van der Waals surface area contributed by atoms with Crippen molar-refractivity contribution in [2.75, 3.05) is 5.32 Å².